The number of halogens is 3. The molecule has 0 aromatic heterocycles. The van der Waals surface area contributed by atoms with E-state index in [1.54, 1.807) is 20.8 Å². The summed E-state index contributed by atoms with van der Waals surface area (Å²) in [4.78, 5) is 0. The van der Waals surface area contributed by atoms with Gasteiger partial charge in [0, 0.05) is 0 Å². The SMILES string of the molecule is CC(=N[S@](=O)C(C)(C)C)c1c(F)ccc(Br)c1F. The Labute approximate surface area is 116 Å². The Hall–Kier alpha value is -0.620. The minimum atomic E-state index is -1.55. The predicted molar refractivity (Wildman–Crippen MR) is 74.2 cm³/mol. The fourth-order valence-electron chi connectivity index (χ4n) is 1.17. The summed E-state index contributed by atoms with van der Waals surface area (Å²) in [7, 11) is -1.55. The lowest BCUT2D eigenvalue weighted by Crippen LogP contribution is -2.21. The molecule has 6 heteroatoms. The van der Waals surface area contributed by atoms with Crippen LogP contribution >= 0.6 is 15.9 Å². The second kappa shape index (κ2) is 5.57. The maximum Gasteiger partial charge on any atom is 0.149 e. The molecule has 2 nitrogen and oxygen atoms in total. The molecule has 0 bridgehead atoms. The second-order valence-electron chi connectivity index (χ2n) is 4.76. The summed E-state index contributed by atoms with van der Waals surface area (Å²) in [5.74, 6) is -1.45. The van der Waals surface area contributed by atoms with Crippen LogP contribution < -0.4 is 0 Å². The normalized spacial score (nSPS) is 14.7. The predicted octanol–water partition coefficient (Wildman–Crippen LogP) is 4.00. The van der Waals surface area contributed by atoms with Crippen molar-refractivity contribution in [3.63, 3.8) is 0 Å². The molecule has 0 heterocycles. The van der Waals surface area contributed by atoms with E-state index in [1.807, 2.05) is 0 Å². The minimum absolute atomic E-state index is 0.0829. The molecule has 0 saturated heterocycles. The molecular formula is C12H14BrF2NOS. The third-order valence-corrected chi connectivity index (χ3v) is 4.25. The van der Waals surface area contributed by atoms with Crippen LogP contribution in [0.2, 0.25) is 0 Å². The van der Waals surface area contributed by atoms with Crippen molar-refractivity contribution < 1.29 is 13.0 Å². The largest absolute Gasteiger partial charge is 0.234 e. The molecule has 18 heavy (non-hydrogen) atoms. The van der Waals surface area contributed by atoms with E-state index in [0.717, 1.165) is 6.07 Å². The first kappa shape index (κ1) is 15.4. The van der Waals surface area contributed by atoms with Gasteiger partial charge in [-0.25, -0.2) is 13.0 Å². The lowest BCUT2D eigenvalue weighted by Gasteiger charge is -2.14. The van der Waals surface area contributed by atoms with Crippen LogP contribution in [0.15, 0.2) is 21.0 Å². The van der Waals surface area contributed by atoms with Gasteiger partial charge in [-0.15, -0.1) is 0 Å². The Morgan fingerprint density at radius 3 is 2.39 bits per heavy atom. The summed E-state index contributed by atoms with van der Waals surface area (Å²) in [5, 5.41) is 0. The van der Waals surface area contributed by atoms with Crippen molar-refractivity contribution in [1.29, 1.82) is 0 Å². The highest BCUT2D eigenvalue weighted by Crippen LogP contribution is 2.23. The van der Waals surface area contributed by atoms with Crippen molar-refractivity contribution in [3.05, 3.63) is 33.8 Å². The fraction of sp³-hybridized carbons (Fsp3) is 0.417. The molecule has 1 rings (SSSR count). The van der Waals surface area contributed by atoms with Gasteiger partial charge in [-0.2, -0.15) is 4.40 Å². The van der Waals surface area contributed by atoms with Gasteiger partial charge in [-0.1, -0.05) is 0 Å². The zero-order chi connectivity index (χ0) is 14.1. The van der Waals surface area contributed by atoms with Crippen LogP contribution in [0.3, 0.4) is 0 Å². The zero-order valence-electron chi connectivity index (χ0n) is 10.6. The molecule has 0 aliphatic heterocycles. The van der Waals surface area contributed by atoms with Crippen molar-refractivity contribution in [2.24, 2.45) is 4.40 Å². The van der Waals surface area contributed by atoms with Crippen LogP contribution in [-0.2, 0) is 11.0 Å². The maximum atomic E-state index is 13.8. The molecule has 1 atom stereocenters. The third-order valence-electron chi connectivity index (χ3n) is 2.15. The van der Waals surface area contributed by atoms with E-state index in [-0.39, 0.29) is 15.7 Å². The Bertz CT molecular complexity index is 524. The van der Waals surface area contributed by atoms with Gasteiger partial charge in [-0.05, 0) is 55.8 Å². The van der Waals surface area contributed by atoms with Gasteiger partial charge in [-0.3, -0.25) is 0 Å². The van der Waals surface area contributed by atoms with Crippen LogP contribution in [0.25, 0.3) is 0 Å². The van der Waals surface area contributed by atoms with Crippen LogP contribution in [0.5, 0.6) is 0 Å². The van der Waals surface area contributed by atoms with Gasteiger partial charge in [0.2, 0.25) is 0 Å². The molecular weight excluding hydrogens is 324 g/mol. The summed E-state index contributed by atoms with van der Waals surface area (Å²) in [6.07, 6.45) is 0. The molecule has 0 aliphatic rings. The first-order chi connectivity index (χ1) is 8.14. The van der Waals surface area contributed by atoms with E-state index in [2.05, 4.69) is 20.3 Å². The second-order valence-corrected chi connectivity index (χ2v) is 7.52. The Kier molecular flexibility index (Phi) is 4.78. The summed E-state index contributed by atoms with van der Waals surface area (Å²) >= 11 is 2.98. The van der Waals surface area contributed by atoms with Gasteiger partial charge < -0.3 is 0 Å². The van der Waals surface area contributed by atoms with Gasteiger partial charge in [0.1, 0.15) is 22.6 Å². The Morgan fingerprint density at radius 1 is 1.33 bits per heavy atom. The maximum absolute atomic E-state index is 13.8. The Balaban J connectivity index is 3.28. The van der Waals surface area contributed by atoms with Crippen molar-refractivity contribution in [3.8, 4) is 0 Å². The summed E-state index contributed by atoms with van der Waals surface area (Å²) in [6.45, 7) is 6.67. The molecule has 0 unspecified atom stereocenters. The van der Waals surface area contributed by atoms with Crippen molar-refractivity contribution in [2.45, 2.75) is 32.4 Å². The van der Waals surface area contributed by atoms with Gasteiger partial charge in [0.05, 0.1) is 20.5 Å². The molecule has 1 aromatic carbocycles. The van der Waals surface area contributed by atoms with Crippen molar-refractivity contribution in [1.82, 2.24) is 0 Å². The highest BCUT2D eigenvalue weighted by atomic mass is 79.9. The van der Waals surface area contributed by atoms with E-state index < -0.39 is 27.4 Å². The molecule has 0 amide bonds. The molecule has 100 valence electrons. The standard InChI is InChI=1S/C12H14BrF2NOS/c1-7(16-18(17)12(2,3)4)10-9(14)6-5-8(13)11(10)15/h5-6H,1-4H3/t18-/m1/s1. The monoisotopic (exact) mass is 337 g/mol. The van der Waals surface area contributed by atoms with Gasteiger partial charge in [0.15, 0.2) is 0 Å². The average molecular weight is 338 g/mol. The average Bonchev–Trinajstić information content (AvgIpc) is 2.22. The molecule has 0 radical (unpaired) electrons. The summed E-state index contributed by atoms with van der Waals surface area (Å²) < 4.78 is 42.7. The van der Waals surface area contributed by atoms with E-state index in [1.165, 1.54) is 13.0 Å². The minimum Gasteiger partial charge on any atom is -0.234 e. The fourth-order valence-corrected chi connectivity index (χ4v) is 2.11. The van der Waals surface area contributed by atoms with Crippen molar-refractivity contribution in [2.75, 3.05) is 0 Å². The molecule has 0 saturated carbocycles. The van der Waals surface area contributed by atoms with Crippen LogP contribution in [0.1, 0.15) is 33.3 Å². The number of hydrogen-bond acceptors (Lipinski definition) is 1. The number of hydrogen-bond donors (Lipinski definition) is 0. The topological polar surface area (TPSA) is 29.4 Å². The van der Waals surface area contributed by atoms with E-state index in [4.69, 9.17) is 0 Å². The number of nitrogens with zero attached hydrogens (tertiary/aromatic N) is 1. The Morgan fingerprint density at radius 2 is 1.89 bits per heavy atom. The number of benzene rings is 1. The molecule has 0 spiro atoms. The van der Waals surface area contributed by atoms with Gasteiger partial charge in [0.25, 0.3) is 0 Å². The smallest absolute Gasteiger partial charge is 0.149 e. The highest BCUT2D eigenvalue weighted by Gasteiger charge is 2.21. The third kappa shape index (κ3) is 3.45. The molecule has 0 N–H and O–H groups in total. The van der Waals surface area contributed by atoms with Crippen LogP contribution in [0.4, 0.5) is 8.78 Å². The van der Waals surface area contributed by atoms with E-state index >= 15 is 0 Å². The van der Waals surface area contributed by atoms with E-state index in [0.29, 0.717) is 0 Å². The lowest BCUT2D eigenvalue weighted by atomic mass is 10.1. The first-order valence-electron chi connectivity index (χ1n) is 5.25. The molecule has 0 aliphatic carbocycles. The van der Waals surface area contributed by atoms with Gasteiger partial charge >= 0.3 is 0 Å². The summed E-state index contributed by atoms with van der Waals surface area (Å²) in [6, 6.07) is 2.42. The van der Waals surface area contributed by atoms with Crippen molar-refractivity contribution >= 4 is 32.6 Å². The van der Waals surface area contributed by atoms with Crippen LogP contribution in [0, 0.1) is 11.6 Å². The summed E-state index contributed by atoms with van der Waals surface area (Å²) in [5.41, 5.74) is -0.165. The first-order valence-corrected chi connectivity index (χ1v) is 7.15. The zero-order valence-corrected chi connectivity index (χ0v) is 13.0. The van der Waals surface area contributed by atoms with Crippen LogP contribution in [-0.4, -0.2) is 14.7 Å². The lowest BCUT2D eigenvalue weighted by molar-refractivity contribution is 0.574. The highest BCUT2D eigenvalue weighted by molar-refractivity contribution is 9.10. The quantitative estimate of drug-likeness (QED) is 0.592. The number of rotatable bonds is 2. The molecule has 0 fully saturated rings. The van der Waals surface area contributed by atoms with E-state index in [9.17, 15) is 13.0 Å². The molecule has 1 aromatic rings.